The molecule has 2 aromatic rings. The van der Waals surface area contributed by atoms with Crippen LogP contribution in [0.3, 0.4) is 0 Å². The molecule has 1 atom stereocenters. The standard InChI is InChI=1S/C24H27N3O3/c1-24(14-13-17-7-3-2-4-8-17)22(29)27(23(30)25-24)26-21(28)16-18-11-12-19-9-5-6-10-20(19)15-18/h2-4,7-8,11-12,15H,5-6,9-10,13-14,16H2,1H3,(H,25,30)(H,26,28). The van der Waals surface area contributed by atoms with Gasteiger partial charge < -0.3 is 5.32 Å². The van der Waals surface area contributed by atoms with Crippen LogP contribution in [0.4, 0.5) is 4.79 Å². The normalized spacial score (nSPS) is 20.6. The van der Waals surface area contributed by atoms with E-state index in [1.165, 1.54) is 24.0 Å². The second kappa shape index (κ2) is 8.30. The van der Waals surface area contributed by atoms with Gasteiger partial charge in [0, 0.05) is 0 Å². The molecule has 30 heavy (non-hydrogen) atoms. The van der Waals surface area contributed by atoms with E-state index in [1.807, 2.05) is 36.4 Å². The molecule has 1 aliphatic heterocycles. The Morgan fingerprint density at radius 2 is 1.77 bits per heavy atom. The molecule has 0 aromatic heterocycles. The number of imide groups is 1. The third kappa shape index (κ3) is 4.22. The number of aryl methyl sites for hydroxylation is 3. The van der Waals surface area contributed by atoms with Crippen LogP contribution in [-0.4, -0.2) is 28.4 Å². The van der Waals surface area contributed by atoms with Crippen molar-refractivity contribution >= 4 is 17.8 Å². The van der Waals surface area contributed by atoms with Gasteiger partial charge in [0.25, 0.3) is 5.91 Å². The summed E-state index contributed by atoms with van der Waals surface area (Å²) in [7, 11) is 0. The van der Waals surface area contributed by atoms with E-state index < -0.39 is 17.5 Å². The van der Waals surface area contributed by atoms with Crippen LogP contribution >= 0.6 is 0 Å². The highest BCUT2D eigenvalue weighted by atomic mass is 16.2. The lowest BCUT2D eigenvalue weighted by molar-refractivity contribution is -0.138. The lowest BCUT2D eigenvalue weighted by Gasteiger charge is -2.21. The zero-order valence-electron chi connectivity index (χ0n) is 17.2. The summed E-state index contributed by atoms with van der Waals surface area (Å²) in [5.74, 6) is -0.802. The number of rotatable bonds is 6. The molecule has 0 bridgehead atoms. The van der Waals surface area contributed by atoms with E-state index >= 15 is 0 Å². The fourth-order valence-electron chi connectivity index (χ4n) is 4.24. The molecule has 1 unspecified atom stereocenters. The molecule has 2 aliphatic rings. The Morgan fingerprint density at radius 3 is 2.53 bits per heavy atom. The van der Waals surface area contributed by atoms with Crippen LogP contribution in [0.1, 0.15) is 48.4 Å². The smallest absolute Gasteiger partial charge is 0.322 e. The molecule has 1 aliphatic carbocycles. The Bertz CT molecular complexity index is 973. The van der Waals surface area contributed by atoms with E-state index in [4.69, 9.17) is 0 Å². The number of amides is 4. The molecule has 0 saturated carbocycles. The summed E-state index contributed by atoms with van der Waals surface area (Å²) in [5.41, 5.74) is 6.10. The zero-order chi connectivity index (χ0) is 21.1. The number of nitrogens with zero attached hydrogens (tertiary/aromatic N) is 1. The van der Waals surface area contributed by atoms with Gasteiger partial charge in [-0.05, 0) is 67.7 Å². The minimum atomic E-state index is -1.04. The molecule has 0 spiro atoms. The first-order valence-electron chi connectivity index (χ1n) is 10.6. The van der Waals surface area contributed by atoms with Gasteiger partial charge in [-0.3, -0.25) is 15.0 Å². The van der Waals surface area contributed by atoms with Crippen molar-refractivity contribution in [1.82, 2.24) is 15.8 Å². The number of carbonyl (C=O) groups excluding carboxylic acids is 3. The number of nitrogens with one attached hydrogen (secondary N) is 2. The highest BCUT2D eigenvalue weighted by Gasteiger charge is 2.48. The lowest BCUT2D eigenvalue weighted by Crippen LogP contribution is -2.49. The van der Waals surface area contributed by atoms with Crippen molar-refractivity contribution < 1.29 is 14.4 Å². The monoisotopic (exact) mass is 405 g/mol. The quantitative estimate of drug-likeness (QED) is 0.725. The van der Waals surface area contributed by atoms with E-state index in [0.29, 0.717) is 12.8 Å². The molecule has 156 valence electrons. The Hall–Kier alpha value is -3.15. The number of hydrazine groups is 1. The molecular formula is C24H27N3O3. The fraction of sp³-hybridized carbons (Fsp3) is 0.375. The van der Waals surface area contributed by atoms with Crippen LogP contribution < -0.4 is 10.7 Å². The third-order valence-corrected chi connectivity index (χ3v) is 6.03. The number of carbonyl (C=O) groups is 3. The fourth-order valence-corrected chi connectivity index (χ4v) is 4.24. The first-order chi connectivity index (χ1) is 14.4. The van der Waals surface area contributed by atoms with Crippen LogP contribution in [-0.2, 0) is 35.3 Å². The van der Waals surface area contributed by atoms with Gasteiger partial charge in [-0.15, -0.1) is 0 Å². The lowest BCUT2D eigenvalue weighted by atomic mass is 9.90. The summed E-state index contributed by atoms with van der Waals surface area (Å²) in [5, 5.41) is 3.56. The average molecular weight is 405 g/mol. The molecular weight excluding hydrogens is 378 g/mol. The van der Waals surface area contributed by atoms with Crippen molar-refractivity contribution in [1.29, 1.82) is 0 Å². The number of hydrogen-bond acceptors (Lipinski definition) is 3. The molecule has 2 N–H and O–H groups in total. The summed E-state index contributed by atoms with van der Waals surface area (Å²) in [6, 6.07) is 15.3. The molecule has 2 aromatic carbocycles. The van der Waals surface area contributed by atoms with Crippen molar-refractivity contribution in [3.05, 3.63) is 70.8 Å². The molecule has 6 heteroatoms. The Labute approximate surface area is 176 Å². The minimum Gasteiger partial charge on any atom is -0.322 e. The van der Waals surface area contributed by atoms with Gasteiger partial charge in [0.1, 0.15) is 5.54 Å². The van der Waals surface area contributed by atoms with Crippen LogP contribution in [0.15, 0.2) is 48.5 Å². The first kappa shape index (κ1) is 20.1. The maximum absolute atomic E-state index is 12.9. The topological polar surface area (TPSA) is 78.5 Å². The van der Waals surface area contributed by atoms with E-state index in [2.05, 4.69) is 22.9 Å². The molecule has 1 heterocycles. The Balaban J connectivity index is 1.37. The molecule has 4 amide bonds. The maximum atomic E-state index is 12.9. The highest BCUT2D eigenvalue weighted by molar-refractivity contribution is 6.07. The summed E-state index contributed by atoms with van der Waals surface area (Å²) >= 11 is 0. The van der Waals surface area contributed by atoms with E-state index in [1.54, 1.807) is 6.92 Å². The number of benzene rings is 2. The third-order valence-electron chi connectivity index (χ3n) is 6.03. The molecule has 1 fully saturated rings. The number of urea groups is 1. The van der Waals surface area contributed by atoms with Gasteiger partial charge in [0.15, 0.2) is 0 Å². The van der Waals surface area contributed by atoms with Crippen molar-refractivity contribution in [2.45, 2.75) is 57.4 Å². The molecule has 1 saturated heterocycles. The maximum Gasteiger partial charge on any atom is 0.344 e. The molecule has 4 rings (SSSR count). The number of hydrogen-bond donors (Lipinski definition) is 2. The predicted molar refractivity (Wildman–Crippen MR) is 113 cm³/mol. The summed E-state index contributed by atoms with van der Waals surface area (Å²) in [6.07, 6.45) is 5.75. The van der Waals surface area contributed by atoms with Gasteiger partial charge in [-0.1, -0.05) is 48.5 Å². The second-order valence-corrected chi connectivity index (χ2v) is 8.41. The van der Waals surface area contributed by atoms with Crippen LogP contribution in [0.2, 0.25) is 0 Å². The Morgan fingerprint density at radius 1 is 1.03 bits per heavy atom. The SMILES string of the molecule is CC1(CCc2ccccc2)NC(=O)N(NC(=O)Cc2ccc3c(c2)CCCC3)C1=O. The van der Waals surface area contributed by atoms with Crippen molar-refractivity contribution in [2.75, 3.05) is 0 Å². The summed E-state index contributed by atoms with van der Waals surface area (Å²) < 4.78 is 0. The zero-order valence-corrected chi connectivity index (χ0v) is 17.2. The first-order valence-corrected chi connectivity index (χ1v) is 10.6. The minimum absolute atomic E-state index is 0.130. The van der Waals surface area contributed by atoms with Crippen molar-refractivity contribution in [2.24, 2.45) is 0 Å². The van der Waals surface area contributed by atoms with Crippen LogP contribution in [0.25, 0.3) is 0 Å². The largest absolute Gasteiger partial charge is 0.344 e. The average Bonchev–Trinajstić information content (AvgIpc) is 2.96. The summed E-state index contributed by atoms with van der Waals surface area (Å²) in [4.78, 5) is 37.8. The molecule has 0 radical (unpaired) electrons. The second-order valence-electron chi connectivity index (χ2n) is 8.41. The van der Waals surface area contributed by atoms with Gasteiger partial charge in [-0.2, -0.15) is 5.01 Å². The number of fused-ring (bicyclic) bond motifs is 1. The van der Waals surface area contributed by atoms with Gasteiger partial charge in [0.05, 0.1) is 6.42 Å². The van der Waals surface area contributed by atoms with Gasteiger partial charge in [-0.25, -0.2) is 4.79 Å². The van der Waals surface area contributed by atoms with Crippen LogP contribution in [0.5, 0.6) is 0 Å². The van der Waals surface area contributed by atoms with Crippen molar-refractivity contribution in [3.8, 4) is 0 Å². The summed E-state index contributed by atoms with van der Waals surface area (Å²) in [6.45, 7) is 1.70. The van der Waals surface area contributed by atoms with Gasteiger partial charge >= 0.3 is 6.03 Å². The van der Waals surface area contributed by atoms with Crippen molar-refractivity contribution in [3.63, 3.8) is 0 Å². The van der Waals surface area contributed by atoms with E-state index in [9.17, 15) is 14.4 Å². The Kier molecular flexibility index (Phi) is 5.57. The van der Waals surface area contributed by atoms with Crippen LogP contribution in [0, 0.1) is 0 Å². The van der Waals surface area contributed by atoms with E-state index in [-0.39, 0.29) is 12.3 Å². The highest BCUT2D eigenvalue weighted by Crippen LogP contribution is 2.24. The van der Waals surface area contributed by atoms with Gasteiger partial charge in [0.2, 0.25) is 5.91 Å². The predicted octanol–water partition coefficient (Wildman–Crippen LogP) is 3.08. The van der Waals surface area contributed by atoms with E-state index in [0.717, 1.165) is 29.0 Å². The molecule has 6 nitrogen and oxygen atoms in total.